The fourth-order valence-electron chi connectivity index (χ4n) is 1.61. The molecule has 15 heavy (non-hydrogen) atoms. The average Bonchev–Trinajstić information content (AvgIpc) is 3.00. The molecule has 0 saturated heterocycles. The van der Waals surface area contributed by atoms with E-state index in [4.69, 9.17) is 16.3 Å². The van der Waals surface area contributed by atoms with Crippen LogP contribution in [0.15, 0.2) is 0 Å². The number of aromatic nitrogens is 3. The Morgan fingerprint density at radius 1 is 1.47 bits per heavy atom. The van der Waals surface area contributed by atoms with Crippen LogP contribution in [0.4, 0.5) is 0 Å². The van der Waals surface area contributed by atoms with Crippen LogP contribution in [-0.4, -0.2) is 28.0 Å². The molecule has 1 fully saturated rings. The van der Waals surface area contributed by atoms with Crippen LogP contribution in [0.1, 0.15) is 37.9 Å². The van der Waals surface area contributed by atoms with Gasteiger partial charge >= 0.3 is 0 Å². The van der Waals surface area contributed by atoms with Gasteiger partial charge in [0.2, 0.25) is 5.28 Å². The molecule has 5 heteroatoms. The minimum absolute atomic E-state index is 0.508. The molecule has 1 aliphatic carbocycles. The van der Waals surface area contributed by atoms with Gasteiger partial charge in [0.15, 0.2) is 0 Å². The molecule has 1 aliphatic rings. The number of nitrogens with zero attached hydrogens (tertiary/aromatic N) is 3. The second-order valence-electron chi connectivity index (χ2n) is 3.80. The van der Waals surface area contributed by atoms with Gasteiger partial charge in [0, 0.05) is 25.7 Å². The predicted octanol–water partition coefficient (Wildman–Crippen LogP) is 2.24. The van der Waals surface area contributed by atoms with E-state index in [1.807, 2.05) is 11.5 Å². The van der Waals surface area contributed by atoms with Crippen LogP contribution in [0, 0.1) is 0 Å². The molecule has 4 nitrogen and oxygen atoms in total. The zero-order valence-electron chi connectivity index (χ0n) is 8.95. The Labute approximate surface area is 94.6 Å². The summed E-state index contributed by atoms with van der Waals surface area (Å²) in [5, 5.41) is 8.54. The number of halogens is 1. The first-order valence-electron chi connectivity index (χ1n) is 5.49. The van der Waals surface area contributed by atoms with Gasteiger partial charge in [-0.05, 0) is 37.8 Å². The van der Waals surface area contributed by atoms with E-state index in [1.165, 1.54) is 12.8 Å². The molecule has 1 aromatic heterocycles. The molecule has 84 valence electrons. The fourth-order valence-corrected chi connectivity index (χ4v) is 1.82. The summed E-state index contributed by atoms with van der Waals surface area (Å²) in [5.41, 5.74) is 0. The van der Waals surface area contributed by atoms with Crippen LogP contribution in [0.2, 0.25) is 5.28 Å². The molecular formula is C10H16ClN3O. The molecule has 2 rings (SSSR count). The lowest BCUT2D eigenvalue weighted by Gasteiger charge is -2.06. The Hall–Kier alpha value is -0.610. The first kappa shape index (κ1) is 10.9. The molecule has 1 heterocycles. The van der Waals surface area contributed by atoms with Gasteiger partial charge < -0.3 is 9.30 Å². The van der Waals surface area contributed by atoms with E-state index < -0.39 is 0 Å². The van der Waals surface area contributed by atoms with E-state index >= 15 is 0 Å². The molecule has 0 amide bonds. The zero-order chi connectivity index (χ0) is 10.7. The molecule has 0 unspecified atom stereocenters. The monoisotopic (exact) mass is 229 g/mol. The lowest BCUT2D eigenvalue weighted by atomic mass is 10.3. The Morgan fingerprint density at radius 3 is 2.93 bits per heavy atom. The van der Waals surface area contributed by atoms with Gasteiger partial charge in [-0.25, -0.2) is 0 Å². The minimum Gasteiger partial charge on any atom is -0.382 e. The van der Waals surface area contributed by atoms with E-state index in [2.05, 4.69) is 10.2 Å². The normalized spacial score (nSPS) is 15.9. The van der Waals surface area contributed by atoms with Crippen molar-refractivity contribution in [3.8, 4) is 0 Å². The highest BCUT2D eigenvalue weighted by atomic mass is 35.5. The first-order chi connectivity index (χ1) is 7.33. The zero-order valence-corrected chi connectivity index (χ0v) is 9.70. The van der Waals surface area contributed by atoms with Crippen LogP contribution in [-0.2, 0) is 11.3 Å². The summed E-state index contributed by atoms with van der Waals surface area (Å²) >= 11 is 5.98. The predicted molar refractivity (Wildman–Crippen MR) is 58.1 cm³/mol. The number of ether oxygens (including phenoxy) is 1. The fraction of sp³-hybridized carbons (Fsp3) is 0.800. The maximum absolute atomic E-state index is 5.98. The SMILES string of the molecule is CCOCCCn1c(Cl)nnc1C1CC1. The summed E-state index contributed by atoms with van der Waals surface area (Å²) in [7, 11) is 0. The van der Waals surface area contributed by atoms with Crippen molar-refractivity contribution >= 4 is 11.6 Å². The third kappa shape index (κ3) is 2.69. The highest BCUT2D eigenvalue weighted by Crippen LogP contribution is 2.39. The number of hydrogen-bond acceptors (Lipinski definition) is 3. The second-order valence-corrected chi connectivity index (χ2v) is 4.14. The lowest BCUT2D eigenvalue weighted by molar-refractivity contribution is 0.141. The van der Waals surface area contributed by atoms with E-state index in [-0.39, 0.29) is 0 Å². The summed E-state index contributed by atoms with van der Waals surface area (Å²) in [5.74, 6) is 1.65. The van der Waals surface area contributed by atoms with E-state index in [9.17, 15) is 0 Å². The summed E-state index contributed by atoms with van der Waals surface area (Å²) < 4.78 is 7.30. The third-order valence-electron chi connectivity index (χ3n) is 2.55. The van der Waals surface area contributed by atoms with Crippen molar-refractivity contribution in [3.05, 3.63) is 11.1 Å². The van der Waals surface area contributed by atoms with Gasteiger partial charge in [-0.3, -0.25) is 0 Å². The van der Waals surface area contributed by atoms with E-state index in [0.29, 0.717) is 11.2 Å². The molecule has 1 saturated carbocycles. The Morgan fingerprint density at radius 2 is 2.27 bits per heavy atom. The third-order valence-corrected chi connectivity index (χ3v) is 2.83. The smallest absolute Gasteiger partial charge is 0.225 e. The van der Waals surface area contributed by atoms with Crippen LogP contribution < -0.4 is 0 Å². The average molecular weight is 230 g/mol. The molecule has 0 atom stereocenters. The Bertz CT molecular complexity index is 322. The minimum atomic E-state index is 0.508. The lowest BCUT2D eigenvalue weighted by Crippen LogP contribution is -2.06. The van der Waals surface area contributed by atoms with Crippen molar-refractivity contribution in [2.45, 2.75) is 38.6 Å². The van der Waals surface area contributed by atoms with Crippen LogP contribution in [0.3, 0.4) is 0 Å². The van der Waals surface area contributed by atoms with Gasteiger partial charge in [0.05, 0.1) is 0 Å². The Balaban J connectivity index is 1.90. The summed E-state index contributed by atoms with van der Waals surface area (Å²) in [6.07, 6.45) is 3.41. The molecule has 0 aliphatic heterocycles. The highest BCUT2D eigenvalue weighted by Gasteiger charge is 2.29. The van der Waals surface area contributed by atoms with Crippen molar-refractivity contribution in [2.24, 2.45) is 0 Å². The standard InChI is InChI=1S/C10H16ClN3O/c1-2-15-7-3-6-14-9(8-4-5-8)12-13-10(14)11/h8H,2-7H2,1H3. The first-order valence-corrected chi connectivity index (χ1v) is 5.87. The maximum Gasteiger partial charge on any atom is 0.225 e. The van der Waals surface area contributed by atoms with Crippen molar-refractivity contribution in [2.75, 3.05) is 13.2 Å². The Kier molecular flexibility index (Phi) is 3.59. The highest BCUT2D eigenvalue weighted by molar-refractivity contribution is 6.28. The topological polar surface area (TPSA) is 39.9 Å². The quantitative estimate of drug-likeness (QED) is 0.703. The molecule has 0 aromatic carbocycles. The van der Waals surface area contributed by atoms with Crippen LogP contribution in [0.5, 0.6) is 0 Å². The van der Waals surface area contributed by atoms with Gasteiger partial charge in [-0.15, -0.1) is 10.2 Å². The van der Waals surface area contributed by atoms with Gasteiger partial charge in [0.25, 0.3) is 0 Å². The van der Waals surface area contributed by atoms with E-state index in [1.54, 1.807) is 0 Å². The largest absolute Gasteiger partial charge is 0.382 e. The maximum atomic E-state index is 5.98. The van der Waals surface area contributed by atoms with Gasteiger partial charge in [-0.2, -0.15) is 0 Å². The van der Waals surface area contributed by atoms with Crippen molar-refractivity contribution < 1.29 is 4.74 Å². The van der Waals surface area contributed by atoms with Crippen molar-refractivity contribution in [1.82, 2.24) is 14.8 Å². The second kappa shape index (κ2) is 4.94. The van der Waals surface area contributed by atoms with Crippen molar-refractivity contribution in [1.29, 1.82) is 0 Å². The molecule has 1 aromatic rings. The number of hydrogen-bond donors (Lipinski definition) is 0. The van der Waals surface area contributed by atoms with Gasteiger partial charge in [-0.1, -0.05) is 0 Å². The van der Waals surface area contributed by atoms with E-state index in [0.717, 1.165) is 32.0 Å². The summed E-state index contributed by atoms with van der Waals surface area (Å²) in [4.78, 5) is 0. The summed E-state index contributed by atoms with van der Waals surface area (Å²) in [6, 6.07) is 0. The van der Waals surface area contributed by atoms with Crippen LogP contribution in [0.25, 0.3) is 0 Å². The molecule has 0 N–H and O–H groups in total. The van der Waals surface area contributed by atoms with Crippen LogP contribution >= 0.6 is 11.6 Å². The molecule has 0 spiro atoms. The summed E-state index contributed by atoms with van der Waals surface area (Å²) in [6.45, 7) is 4.40. The molecular weight excluding hydrogens is 214 g/mol. The van der Waals surface area contributed by atoms with Gasteiger partial charge in [0.1, 0.15) is 5.82 Å². The number of rotatable bonds is 6. The van der Waals surface area contributed by atoms with Crippen molar-refractivity contribution in [3.63, 3.8) is 0 Å². The molecule has 0 bridgehead atoms. The molecule has 0 radical (unpaired) electrons.